The molecule has 2 N–H and O–H groups in total. The molecule has 2 aromatic heterocycles. The number of sulfone groups is 1. The lowest BCUT2D eigenvalue weighted by Crippen LogP contribution is -1.98. The Morgan fingerprint density at radius 3 is 2.79 bits per heavy atom. The zero-order valence-corrected chi connectivity index (χ0v) is 15.9. The van der Waals surface area contributed by atoms with E-state index in [1.54, 1.807) is 24.4 Å². The second-order valence-corrected chi connectivity index (χ2v) is 9.27. The van der Waals surface area contributed by atoms with Crippen molar-refractivity contribution in [1.82, 2.24) is 15.2 Å². The fraction of sp³-hybridized carbons (Fsp3) is 0.143. The van der Waals surface area contributed by atoms with Crippen molar-refractivity contribution in [2.45, 2.75) is 17.7 Å². The smallest absolute Gasteiger partial charge is 0.200 e. The third-order valence-corrected chi connectivity index (χ3v) is 7.05. The van der Waals surface area contributed by atoms with Crippen molar-refractivity contribution in [2.75, 3.05) is 5.32 Å². The van der Waals surface area contributed by atoms with Crippen molar-refractivity contribution in [2.24, 2.45) is 5.92 Å². The Hall–Kier alpha value is -3.26. The van der Waals surface area contributed by atoms with Gasteiger partial charge < -0.3 is 5.32 Å². The highest BCUT2D eigenvalue weighted by atomic mass is 32.2. The minimum Gasteiger partial charge on any atom is -0.338 e. The normalized spacial score (nSPS) is 17.5. The third kappa shape index (κ3) is 2.56. The number of anilines is 2. The molecular formula is C21H15FN4O2S. The quantitative estimate of drug-likeness (QED) is 0.522. The molecule has 0 atom stereocenters. The van der Waals surface area contributed by atoms with Gasteiger partial charge >= 0.3 is 0 Å². The van der Waals surface area contributed by atoms with Gasteiger partial charge in [-0.3, -0.25) is 10.1 Å². The summed E-state index contributed by atoms with van der Waals surface area (Å²) >= 11 is 0. The van der Waals surface area contributed by atoms with Gasteiger partial charge in [0.1, 0.15) is 5.82 Å². The van der Waals surface area contributed by atoms with Crippen molar-refractivity contribution in [3.05, 3.63) is 59.4 Å². The maximum atomic E-state index is 13.7. The molecule has 1 saturated carbocycles. The molecule has 6 nitrogen and oxygen atoms in total. The summed E-state index contributed by atoms with van der Waals surface area (Å²) < 4.78 is 39.1. The Labute approximate surface area is 165 Å². The van der Waals surface area contributed by atoms with Crippen molar-refractivity contribution in [3.8, 4) is 0 Å². The van der Waals surface area contributed by atoms with E-state index >= 15 is 0 Å². The molecule has 6 rings (SSSR count). The highest BCUT2D eigenvalue weighted by Crippen LogP contribution is 2.49. The van der Waals surface area contributed by atoms with Gasteiger partial charge in [0.15, 0.2) is 5.82 Å². The summed E-state index contributed by atoms with van der Waals surface area (Å²) in [4.78, 5) is 4.76. The predicted octanol–water partition coefficient (Wildman–Crippen LogP) is 4.53. The van der Waals surface area contributed by atoms with Crippen LogP contribution in [0.15, 0.2) is 52.9 Å². The topological polar surface area (TPSA) is 87.7 Å². The van der Waals surface area contributed by atoms with E-state index in [9.17, 15) is 12.8 Å². The summed E-state index contributed by atoms with van der Waals surface area (Å²) in [7, 11) is -3.46. The number of aromatic amines is 1. The van der Waals surface area contributed by atoms with Crippen molar-refractivity contribution in [3.63, 3.8) is 0 Å². The zero-order chi connectivity index (χ0) is 19.8. The number of allylic oxidation sites excluding steroid dienone is 1. The van der Waals surface area contributed by atoms with Crippen molar-refractivity contribution < 1.29 is 12.8 Å². The molecule has 29 heavy (non-hydrogen) atoms. The van der Waals surface area contributed by atoms with Crippen LogP contribution in [0.3, 0.4) is 0 Å². The maximum Gasteiger partial charge on any atom is 0.200 e. The highest BCUT2D eigenvalue weighted by Gasteiger charge is 2.36. The molecule has 4 aromatic rings. The molecule has 2 aromatic carbocycles. The van der Waals surface area contributed by atoms with E-state index in [0.29, 0.717) is 44.1 Å². The van der Waals surface area contributed by atoms with Gasteiger partial charge in [-0.1, -0.05) is 0 Å². The molecule has 0 bridgehead atoms. The van der Waals surface area contributed by atoms with Gasteiger partial charge in [-0.15, -0.1) is 0 Å². The number of aromatic nitrogens is 3. The summed E-state index contributed by atoms with van der Waals surface area (Å²) in [6.07, 6.45) is 3.71. The van der Waals surface area contributed by atoms with Crippen LogP contribution in [-0.4, -0.2) is 23.6 Å². The van der Waals surface area contributed by atoms with Gasteiger partial charge in [0.05, 0.1) is 21.6 Å². The average molecular weight is 406 g/mol. The van der Waals surface area contributed by atoms with Crippen LogP contribution in [0.2, 0.25) is 0 Å². The van der Waals surface area contributed by atoms with Crippen LogP contribution in [0.25, 0.3) is 27.4 Å². The minimum atomic E-state index is -3.46. The van der Waals surface area contributed by atoms with Gasteiger partial charge in [-0.05, 0) is 66.3 Å². The van der Waals surface area contributed by atoms with Crippen molar-refractivity contribution >= 4 is 48.7 Å². The zero-order valence-electron chi connectivity index (χ0n) is 15.1. The standard InChI is InChI=1S/C21H15FN4O2S/c22-12-3-4-18-15(7-12)21(26-25-18)24-17-5-6-23-19-8-13-16(11-1-2-11)10-29(27,28)20(13)9-14(17)19/h3-11H,1-2H2,(H2,23,24,25,26). The second kappa shape index (κ2) is 5.64. The number of halogens is 1. The molecule has 144 valence electrons. The van der Waals surface area contributed by atoms with Gasteiger partial charge in [0.25, 0.3) is 0 Å². The summed E-state index contributed by atoms with van der Waals surface area (Å²) in [5.41, 5.74) is 3.72. The van der Waals surface area contributed by atoms with Crippen molar-refractivity contribution in [1.29, 1.82) is 0 Å². The number of fused-ring (bicyclic) bond motifs is 3. The summed E-state index contributed by atoms with van der Waals surface area (Å²) in [6.45, 7) is 0. The molecule has 1 fully saturated rings. The lowest BCUT2D eigenvalue weighted by Gasteiger charge is -2.10. The molecule has 0 unspecified atom stereocenters. The largest absolute Gasteiger partial charge is 0.338 e. The van der Waals surface area contributed by atoms with Crippen LogP contribution in [-0.2, 0) is 9.84 Å². The highest BCUT2D eigenvalue weighted by molar-refractivity contribution is 7.95. The molecular weight excluding hydrogens is 391 g/mol. The number of nitrogens with one attached hydrogen (secondary N) is 2. The lowest BCUT2D eigenvalue weighted by molar-refractivity contribution is 0.605. The van der Waals surface area contributed by atoms with E-state index in [1.165, 1.54) is 17.5 Å². The molecule has 2 aliphatic rings. The van der Waals surface area contributed by atoms with E-state index in [2.05, 4.69) is 20.5 Å². The number of benzene rings is 2. The number of nitrogens with zero attached hydrogens (tertiary/aromatic N) is 2. The number of hydrogen-bond donors (Lipinski definition) is 2. The van der Waals surface area contributed by atoms with Crippen LogP contribution in [0, 0.1) is 11.7 Å². The maximum absolute atomic E-state index is 13.7. The summed E-state index contributed by atoms with van der Waals surface area (Å²) in [6, 6.07) is 9.68. The predicted molar refractivity (Wildman–Crippen MR) is 109 cm³/mol. The third-order valence-electron chi connectivity index (χ3n) is 5.54. The van der Waals surface area contributed by atoms with E-state index in [4.69, 9.17) is 0 Å². The van der Waals surface area contributed by atoms with Crippen LogP contribution in [0.4, 0.5) is 15.9 Å². The number of hydrogen-bond acceptors (Lipinski definition) is 5. The molecule has 1 aliphatic heterocycles. The Morgan fingerprint density at radius 2 is 1.97 bits per heavy atom. The fourth-order valence-corrected chi connectivity index (χ4v) is 5.50. The molecule has 0 amide bonds. The number of pyridine rings is 1. The van der Waals surface area contributed by atoms with Crippen LogP contribution in [0.5, 0.6) is 0 Å². The summed E-state index contributed by atoms with van der Waals surface area (Å²) in [5, 5.41) is 13.0. The Bertz CT molecular complexity index is 1470. The van der Waals surface area contributed by atoms with Crippen LogP contribution >= 0.6 is 0 Å². The van der Waals surface area contributed by atoms with E-state index in [-0.39, 0.29) is 5.82 Å². The number of H-pyrrole nitrogens is 1. The summed E-state index contributed by atoms with van der Waals surface area (Å²) in [5.74, 6) is 0.436. The molecule has 3 heterocycles. The first-order chi connectivity index (χ1) is 14.0. The molecule has 8 heteroatoms. The lowest BCUT2D eigenvalue weighted by atomic mass is 10.0. The molecule has 0 spiro atoms. The Kier molecular flexibility index (Phi) is 3.24. The van der Waals surface area contributed by atoms with Gasteiger partial charge in [0, 0.05) is 22.4 Å². The first kappa shape index (κ1) is 16.7. The average Bonchev–Trinajstić information content (AvgIpc) is 3.42. The van der Waals surface area contributed by atoms with E-state index < -0.39 is 9.84 Å². The van der Waals surface area contributed by atoms with Gasteiger partial charge in [0.2, 0.25) is 9.84 Å². The monoisotopic (exact) mass is 406 g/mol. The van der Waals surface area contributed by atoms with E-state index in [1.807, 2.05) is 6.07 Å². The van der Waals surface area contributed by atoms with Gasteiger partial charge in [-0.25, -0.2) is 12.8 Å². The fourth-order valence-electron chi connectivity index (χ4n) is 3.96. The first-order valence-corrected chi connectivity index (χ1v) is 10.8. The van der Waals surface area contributed by atoms with Crippen LogP contribution in [0.1, 0.15) is 18.4 Å². The first-order valence-electron chi connectivity index (χ1n) is 9.30. The SMILES string of the molecule is O=S1(=O)C=C(C2CC2)c2cc3nccc(Nc4n[nH]c5ccc(F)cc45)c3cc21. The molecule has 1 aliphatic carbocycles. The second-order valence-electron chi connectivity index (χ2n) is 7.50. The van der Waals surface area contributed by atoms with E-state index in [0.717, 1.165) is 24.0 Å². The van der Waals surface area contributed by atoms with Gasteiger partial charge in [-0.2, -0.15) is 5.10 Å². The number of rotatable bonds is 3. The Balaban J connectivity index is 1.51. The Morgan fingerprint density at radius 1 is 1.10 bits per heavy atom. The molecule has 0 saturated heterocycles. The molecule has 0 radical (unpaired) electrons. The minimum absolute atomic E-state index is 0.320. The van der Waals surface area contributed by atoms with Crippen LogP contribution < -0.4 is 5.32 Å².